The van der Waals surface area contributed by atoms with Crippen LogP contribution in [0, 0.1) is 0 Å². The molecule has 1 unspecified atom stereocenters. The van der Waals surface area contributed by atoms with Gasteiger partial charge in [0.05, 0.1) is 12.1 Å². The van der Waals surface area contributed by atoms with E-state index >= 15 is 0 Å². The molecule has 1 fully saturated rings. The Morgan fingerprint density at radius 2 is 1.75 bits per heavy atom. The van der Waals surface area contributed by atoms with Gasteiger partial charge in [-0.05, 0) is 56.2 Å². The first kappa shape index (κ1) is 23.9. The number of hydrogen-bond donors (Lipinski definition) is 3. The van der Waals surface area contributed by atoms with E-state index in [-0.39, 0.29) is 18.2 Å². The first-order valence-corrected chi connectivity index (χ1v) is 11.2. The Hall–Kier alpha value is -2.77. The summed E-state index contributed by atoms with van der Waals surface area (Å²) in [4.78, 5) is 39.2. The summed E-state index contributed by atoms with van der Waals surface area (Å²) in [5.74, 6) is -1.77. The molecule has 0 radical (unpaired) electrons. The van der Waals surface area contributed by atoms with Crippen molar-refractivity contribution in [3.63, 3.8) is 0 Å². The number of nitrogens with one attached hydrogen (secondary N) is 1. The standard InChI is InChI=1S/C25H32N2O5/c1-16(26-21(23(29)17(2)28)13-12-18-8-4-3-5-9-18)24(30)27-15-20-11-7-6-10-19(20)14-22(27)25(31)32/h3-5,8-11,16-17,21-22,26,28H,6-7,12-15H2,1-2H3,(H,31,32)/t16-,17?,21-,22-/m0/s1. The van der Waals surface area contributed by atoms with E-state index in [4.69, 9.17) is 0 Å². The summed E-state index contributed by atoms with van der Waals surface area (Å²) in [5, 5.41) is 22.7. The Kier molecular flexibility index (Phi) is 7.99. The predicted octanol–water partition coefficient (Wildman–Crippen LogP) is 2.25. The topological polar surface area (TPSA) is 107 Å². The maximum absolute atomic E-state index is 13.3. The van der Waals surface area contributed by atoms with Gasteiger partial charge in [0.15, 0.2) is 5.78 Å². The molecule has 172 valence electrons. The van der Waals surface area contributed by atoms with Gasteiger partial charge < -0.3 is 15.1 Å². The summed E-state index contributed by atoms with van der Waals surface area (Å²) in [5.41, 5.74) is 3.08. The zero-order valence-electron chi connectivity index (χ0n) is 18.7. The third-order valence-corrected chi connectivity index (χ3v) is 6.20. The van der Waals surface area contributed by atoms with Gasteiger partial charge in [-0.1, -0.05) is 42.5 Å². The normalized spacial score (nSPS) is 21.0. The molecule has 7 heteroatoms. The molecule has 3 rings (SSSR count). The lowest BCUT2D eigenvalue weighted by Gasteiger charge is -2.39. The van der Waals surface area contributed by atoms with Crippen molar-refractivity contribution in [3.05, 3.63) is 59.2 Å². The van der Waals surface area contributed by atoms with Gasteiger partial charge in [0.2, 0.25) is 5.91 Å². The van der Waals surface area contributed by atoms with Crippen molar-refractivity contribution in [1.29, 1.82) is 0 Å². The number of aliphatic hydroxyl groups excluding tert-OH is 1. The van der Waals surface area contributed by atoms with Gasteiger partial charge in [0.1, 0.15) is 12.1 Å². The first-order chi connectivity index (χ1) is 15.3. The summed E-state index contributed by atoms with van der Waals surface area (Å²) in [6.07, 6.45) is 6.09. The van der Waals surface area contributed by atoms with Gasteiger partial charge in [0, 0.05) is 13.0 Å². The lowest BCUT2D eigenvalue weighted by Crippen LogP contribution is -2.57. The lowest BCUT2D eigenvalue weighted by atomic mass is 9.87. The number of fused-ring (bicyclic) bond motifs is 1. The van der Waals surface area contributed by atoms with E-state index in [1.807, 2.05) is 30.3 Å². The van der Waals surface area contributed by atoms with Crippen LogP contribution in [-0.2, 0) is 20.8 Å². The Labute approximate surface area is 188 Å². The molecule has 0 bridgehead atoms. The average molecular weight is 441 g/mol. The molecule has 0 spiro atoms. The van der Waals surface area contributed by atoms with Crippen LogP contribution in [0.3, 0.4) is 0 Å². The zero-order chi connectivity index (χ0) is 23.3. The summed E-state index contributed by atoms with van der Waals surface area (Å²) < 4.78 is 0. The van der Waals surface area contributed by atoms with Crippen LogP contribution in [-0.4, -0.2) is 63.5 Å². The molecule has 3 N–H and O–H groups in total. The molecule has 1 aromatic rings. The van der Waals surface area contributed by atoms with Crippen LogP contribution in [0.15, 0.2) is 53.6 Å². The number of benzene rings is 1. The maximum atomic E-state index is 13.3. The van der Waals surface area contributed by atoms with Crippen LogP contribution in [0.5, 0.6) is 0 Å². The van der Waals surface area contributed by atoms with Crippen molar-refractivity contribution in [2.45, 2.75) is 70.2 Å². The van der Waals surface area contributed by atoms with Crippen LogP contribution in [0.1, 0.15) is 45.1 Å². The van der Waals surface area contributed by atoms with Crippen molar-refractivity contribution in [2.24, 2.45) is 0 Å². The first-order valence-electron chi connectivity index (χ1n) is 11.2. The van der Waals surface area contributed by atoms with Crippen molar-refractivity contribution in [1.82, 2.24) is 10.2 Å². The number of aliphatic hydroxyl groups is 1. The largest absolute Gasteiger partial charge is 0.480 e. The highest BCUT2D eigenvalue weighted by Gasteiger charge is 2.38. The minimum atomic E-state index is -1.16. The second-order valence-corrected chi connectivity index (χ2v) is 8.60. The number of carboxylic acids is 1. The van der Waals surface area contributed by atoms with Crippen molar-refractivity contribution < 1.29 is 24.6 Å². The van der Waals surface area contributed by atoms with Gasteiger partial charge in [-0.3, -0.25) is 14.9 Å². The van der Waals surface area contributed by atoms with E-state index < -0.39 is 30.2 Å². The van der Waals surface area contributed by atoms with Crippen LogP contribution in [0.2, 0.25) is 0 Å². The van der Waals surface area contributed by atoms with E-state index in [2.05, 4.69) is 17.5 Å². The number of aryl methyl sites for hydroxylation is 1. The van der Waals surface area contributed by atoms with Gasteiger partial charge in [-0.25, -0.2) is 4.79 Å². The molecule has 7 nitrogen and oxygen atoms in total. The van der Waals surface area contributed by atoms with Gasteiger partial charge in [-0.15, -0.1) is 0 Å². The summed E-state index contributed by atoms with van der Waals surface area (Å²) in [6, 6.07) is 7.28. The number of carboxylic acid groups (broad SMARTS) is 1. The predicted molar refractivity (Wildman–Crippen MR) is 121 cm³/mol. The number of rotatable bonds is 9. The number of aliphatic carboxylic acids is 1. The molecule has 1 saturated heterocycles. The number of Topliss-reactive ketones (excluding diaryl/α,β-unsaturated/α-hetero) is 1. The molecular formula is C25H32N2O5. The van der Waals surface area contributed by atoms with E-state index in [0.29, 0.717) is 19.3 Å². The number of amides is 1. The smallest absolute Gasteiger partial charge is 0.326 e. The SMILES string of the molecule is CC(O)C(=O)[C@H](CCc1ccccc1)N[C@@H](C)C(=O)N1CC2=CCCC=C2C[C@H]1C(=O)O. The second-order valence-electron chi connectivity index (χ2n) is 8.60. The van der Waals surface area contributed by atoms with E-state index in [1.54, 1.807) is 6.92 Å². The molecule has 2 aliphatic rings. The summed E-state index contributed by atoms with van der Waals surface area (Å²) >= 11 is 0. The summed E-state index contributed by atoms with van der Waals surface area (Å²) in [6.45, 7) is 3.32. The molecule has 1 aliphatic carbocycles. The third kappa shape index (κ3) is 5.72. The van der Waals surface area contributed by atoms with Crippen molar-refractivity contribution in [2.75, 3.05) is 6.54 Å². The van der Waals surface area contributed by atoms with Crippen LogP contribution < -0.4 is 5.32 Å². The number of carbonyl (C=O) groups excluding carboxylic acids is 2. The fourth-order valence-corrected chi connectivity index (χ4v) is 4.40. The molecule has 1 aliphatic heterocycles. The number of likely N-dealkylation sites (tertiary alicyclic amines) is 1. The molecule has 0 aromatic heterocycles. The molecule has 32 heavy (non-hydrogen) atoms. The second kappa shape index (κ2) is 10.7. The Balaban J connectivity index is 1.72. The average Bonchev–Trinajstić information content (AvgIpc) is 2.80. The Bertz CT molecular complexity index is 906. The van der Waals surface area contributed by atoms with Crippen LogP contribution in [0.4, 0.5) is 0 Å². The highest BCUT2D eigenvalue weighted by molar-refractivity contribution is 5.91. The fourth-order valence-electron chi connectivity index (χ4n) is 4.40. The Morgan fingerprint density at radius 1 is 1.09 bits per heavy atom. The monoisotopic (exact) mass is 440 g/mol. The zero-order valence-corrected chi connectivity index (χ0v) is 18.7. The highest BCUT2D eigenvalue weighted by Crippen LogP contribution is 2.31. The number of allylic oxidation sites excluding steroid dienone is 2. The van der Waals surface area contributed by atoms with E-state index in [1.165, 1.54) is 11.8 Å². The Morgan fingerprint density at radius 3 is 2.38 bits per heavy atom. The van der Waals surface area contributed by atoms with E-state index in [9.17, 15) is 24.6 Å². The molecule has 4 atom stereocenters. The van der Waals surface area contributed by atoms with Crippen molar-refractivity contribution in [3.8, 4) is 0 Å². The molecule has 1 heterocycles. The van der Waals surface area contributed by atoms with E-state index in [0.717, 1.165) is 29.6 Å². The number of ketones is 1. The molecular weight excluding hydrogens is 408 g/mol. The number of hydrogen-bond acceptors (Lipinski definition) is 5. The highest BCUT2D eigenvalue weighted by atomic mass is 16.4. The third-order valence-electron chi connectivity index (χ3n) is 6.20. The number of piperidine rings is 1. The number of carbonyl (C=O) groups is 3. The van der Waals surface area contributed by atoms with Gasteiger partial charge >= 0.3 is 5.97 Å². The summed E-state index contributed by atoms with van der Waals surface area (Å²) in [7, 11) is 0. The van der Waals surface area contributed by atoms with Crippen LogP contribution >= 0.6 is 0 Å². The number of nitrogens with zero attached hydrogens (tertiary/aromatic N) is 1. The van der Waals surface area contributed by atoms with Gasteiger partial charge in [-0.2, -0.15) is 0 Å². The van der Waals surface area contributed by atoms with Crippen molar-refractivity contribution >= 4 is 17.7 Å². The molecule has 1 aromatic carbocycles. The fraction of sp³-hybridized carbons (Fsp3) is 0.480. The molecule has 1 amide bonds. The minimum absolute atomic E-state index is 0.257. The quantitative estimate of drug-likeness (QED) is 0.544. The molecule has 0 saturated carbocycles. The van der Waals surface area contributed by atoms with Gasteiger partial charge in [0.25, 0.3) is 0 Å². The van der Waals surface area contributed by atoms with Crippen LogP contribution in [0.25, 0.3) is 0 Å². The minimum Gasteiger partial charge on any atom is -0.480 e. The lowest BCUT2D eigenvalue weighted by molar-refractivity contribution is -0.151. The maximum Gasteiger partial charge on any atom is 0.326 e.